The van der Waals surface area contributed by atoms with Crippen molar-refractivity contribution < 1.29 is 18.9 Å². The second kappa shape index (κ2) is 37.4. The maximum Gasteiger partial charge on any atom is 0.258 e. The van der Waals surface area contributed by atoms with Gasteiger partial charge in [0.25, 0.3) is 22.2 Å². The Balaban J connectivity index is 0.000000119. The van der Waals surface area contributed by atoms with Crippen LogP contribution in [0.4, 0.5) is 5.69 Å². The molecule has 0 aliphatic carbocycles. The van der Waals surface area contributed by atoms with Crippen molar-refractivity contribution in [2.45, 2.75) is 107 Å². The van der Waals surface area contributed by atoms with Gasteiger partial charge < -0.3 is 33.6 Å². The Bertz CT molecular complexity index is 6940. The zero-order valence-electron chi connectivity index (χ0n) is 73.4. The van der Waals surface area contributed by atoms with Crippen molar-refractivity contribution in [3.63, 3.8) is 0 Å². The van der Waals surface area contributed by atoms with Gasteiger partial charge in [-0.1, -0.05) is 27.2 Å². The summed E-state index contributed by atoms with van der Waals surface area (Å²) in [5.74, 6) is 3.42. The number of morpholine rings is 1. The van der Waals surface area contributed by atoms with Crippen molar-refractivity contribution in [1.29, 1.82) is 0 Å². The van der Waals surface area contributed by atoms with Gasteiger partial charge in [0, 0.05) is 89.4 Å². The number of aromatic nitrogens is 20. The van der Waals surface area contributed by atoms with Gasteiger partial charge in [-0.15, -0.1) is 0 Å². The first-order valence-electron chi connectivity index (χ1n) is 43.7. The van der Waals surface area contributed by atoms with Crippen molar-refractivity contribution in [3.8, 4) is 62.8 Å². The minimum Gasteiger partial charge on any atom is -0.492 e. The Hall–Kier alpha value is -13.1. The molecule has 0 aromatic carbocycles. The maximum atomic E-state index is 13.0. The molecule has 20 heterocycles. The summed E-state index contributed by atoms with van der Waals surface area (Å²) < 4.78 is 36.4. The molecule has 652 valence electrons. The van der Waals surface area contributed by atoms with Gasteiger partial charge in [-0.25, -0.2) is 38.0 Å². The van der Waals surface area contributed by atoms with Gasteiger partial charge in [0.05, 0.1) is 166 Å². The van der Waals surface area contributed by atoms with E-state index in [1.807, 2.05) is 148 Å². The Morgan fingerprint density at radius 2 is 0.762 bits per heavy atom. The van der Waals surface area contributed by atoms with Crippen LogP contribution in [0, 0.1) is 46.5 Å². The van der Waals surface area contributed by atoms with Crippen molar-refractivity contribution in [2.75, 3.05) is 131 Å². The quantitative estimate of drug-likeness (QED) is 0.0569. The lowest BCUT2D eigenvalue weighted by atomic mass is 10.0. The monoisotopic (exact) mass is 1700 g/mol. The van der Waals surface area contributed by atoms with Crippen molar-refractivity contribution >= 4 is 50.3 Å². The van der Waals surface area contributed by atoms with Gasteiger partial charge in [0.15, 0.2) is 0 Å². The first kappa shape index (κ1) is 85.1. The molecular weight excluding hydrogens is 1600 g/mol. The van der Waals surface area contributed by atoms with Crippen molar-refractivity contribution in [3.05, 3.63) is 234 Å². The maximum absolute atomic E-state index is 13.0. The largest absolute Gasteiger partial charge is 0.492 e. The third-order valence-electron chi connectivity index (χ3n) is 23.5. The van der Waals surface area contributed by atoms with Crippen molar-refractivity contribution in [1.82, 2.24) is 116 Å². The standard InChI is InChI=1S/C24H28N6O3.C24H28N6O2.C23H25N7O.C22H26N6O2/c1-3-19-22-13-21(27-30(22)15-17(2)25-19)20-14-24(31)29-16-18(5-6-23(29)26-20)33-10-4-7-28-8-11-32-12-9-28;1-3-19-22-13-21(27-30(22)15-17(2)25-19)20-14-24(31)29-16-18(7-8-23(29)26-20)32-12-11-28-9-5-4-6-10-28;1-14-8-30-21(15(2)24-14)6-20(26-30)19-7-23(31)29-13-18(4-5-22(29)25-19)28-11-16-9-27(3)10-17(16)12-28;1-5-17-20-11-19(25-28(20)13-15(2)23-17)18-12-22(29)27-14-16(7-8-21(27)24-18)30-10-6-9-26(3)4/h5-6,13-16H,3-4,7-12H2,1-2H3;7-8,13-16H,3-6,9-12H2,1-2H3;4-8,13,16-17H,9-12H2,1-3H3;7-8,11-14H,5-6,9-10H2,1-4H3/t;;16-,17+;. The van der Waals surface area contributed by atoms with Gasteiger partial charge >= 0.3 is 0 Å². The van der Waals surface area contributed by atoms with Crippen LogP contribution in [0.3, 0.4) is 0 Å². The molecule has 4 fully saturated rings. The van der Waals surface area contributed by atoms with Crippen LogP contribution in [0.1, 0.15) is 98.4 Å². The lowest BCUT2D eigenvalue weighted by Gasteiger charge is -2.26. The minimum atomic E-state index is -0.171. The summed E-state index contributed by atoms with van der Waals surface area (Å²) in [4.78, 5) is 100. The van der Waals surface area contributed by atoms with Gasteiger partial charge in [-0.2, -0.15) is 20.4 Å². The molecule has 0 radical (unpaired) electrons. The van der Waals surface area contributed by atoms with Crippen LogP contribution in [-0.2, 0) is 24.0 Å². The van der Waals surface area contributed by atoms with Gasteiger partial charge in [0.1, 0.15) is 69.2 Å². The van der Waals surface area contributed by atoms with Crippen LogP contribution in [0.15, 0.2) is 166 Å². The molecule has 0 N–H and O–H groups in total. The number of likely N-dealkylation sites (tertiary alicyclic amines) is 2. The van der Waals surface area contributed by atoms with E-state index in [1.54, 1.807) is 45.7 Å². The number of pyridine rings is 4. The van der Waals surface area contributed by atoms with Crippen LogP contribution in [0.5, 0.6) is 17.2 Å². The van der Waals surface area contributed by atoms with Crippen LogP contribution in [0.2, 0.25) is 0 Å². The topological polar surface area (TPSA) is 311 Å². The summed E-state index contributed by atoms with van der Waals surface area (Å²) in [6, 6.07) is 28.9. The number of aryl methyl sites for hydroxylation is 8. The fourth-order valence-corrected chi connectivity index (χ4v) is 17.2. The number of rotatable bonds is 22. The molecule has 0 unspecified atom stereocenters. The normalized spacial score (nSPS) is 15.7. The fourth-order valence-electron chi connectivity index (χ4n) is 17.2. The highest BCUT2D eigenvalue weighted by atomic mass is 16.5. The molecule has 20 rings (SSSR count). The van der Waals surface area contributed by atoms with Crippen LogP contribution >= 0.6 is 0 Å². The Morgan fingerprint density at radius 3 is 1.18 bits per heavy atom. The molecule has 4 aliphatic rings. The summed E-state index contributed by atoms with van der Waals surface area (Å²) in [6.07, 6.45) is 22.7. The van der Waals surface area contributed by atoms with Crippen LogP contribution in [0.25, 0.3) is 90.2 Å². The summed E-state index contributed by atoms with van der Waals surface area (Å²) in [6.45, 7) is 30.9. The molecular formula is C93H107N25O8. The zero-order valence-corrected chi connectivity index (χ0v) is 73.4. The molecule has 0 amide bonds. The van der Waals surface area contributed by atoms with Crippen LogP contribution < -0.4 is 41.3 Å². The summed E-state index contributed by atoms with van der Waals surface area (Å²) in [5, 5.41) is 18.5. The van der Waals surface area contributed by atoms with Gasteiger partial charge in [-0.05, 0) is 198 Å². The average molecular weight is 1700 g/mol. The van der Waals surface area contributed by atoms with E-state index in [0.29, 0.717) is 105 Å². The fraction of sp³-hybridized carbons (Fsp3) is 0.398. The molecule has 126 heavy (non-hydrogen) atoms. The van der Waals surface area contributed by atoms with E-state index in [2.05, 4.69) is 114 Å². The van der Waals surface area contributed by atoms with E-state index in [1.165, 1.54) is 50.7 Å². The van der Waals surface area contributed by atoms with E-state index in [9.17, 15) is 19.2 Å². The highest BCUT2D eigenvalue weighted by Gasteiger charge is 2.39. The second-order valence-corrected chi connectivity index (χ2v) is 33.3. The SMILES string of the molecule is CCc1nc(C)cn2nc(-c3cc(=O)n4cc(OCCCN(C)C)ccc4n3)cc12.CCc1nc(C)cn2nc(-c3cc(=O)n4cc(OCCCN5CCOCC5)ccc4n3)cc12.CCc1nc(C)cn2nc(-c3cc(=O)n4cc(OCCN5CCCCC5)ccc4n3)cc12.Cc1cn2nc(-c3cc(=O)n4cc(N5C[C@H]6CN(C)C[C@H]6C5)ccc4n3)cc2c(C)n1. The first-order chi connectivity index (χ1) is 61.1. The number of nitrogens with zero attached hydrogens (tertiary/aromatic N) is 25. The Labute approximate surface area is 727 Å². The molecule has 33 heteroatoms. The Kier molecular flexibility index (Phi) is 25.3. The molecule has 4 aliphatic heterocycles. The third kappa shape index (κ3) is 19.1. The van der Waals surface area contributed by atoms with E-state index in [4.69, 9.17) is 23.9 Å². The number of ether oxygens (including phenoxy) is 4. The summed E-state index contributed by atoms with van der Waals surface area (Å²) >= 11 is 0. The first-order valence-corrected chi connectivity index (χ1v) is 43.7. The molecule has 2 atom stereocenters. The molecule has 0 bridgehead atoms. The summed E-state index contributed by atoms with van der Waals surface area (Å²) in [7, 11) is 6.26. The molecule has 0 saturated carbocycles. The smallest absolute Gasteiger partial charge is 0.258 e. The number of hydrogen-bond acceptors (Lipinski definition) is 25. The van der Waals surface area contributed by atoms with Gasteiger partial charge in [0.2, 0.25) is 0 Å². The Morgan fingerprint density at radius 1 is 0.389 bits per heavy atom. The zero-order chi connectivity index (χ0) is 87.4. The minimum absolute atomic E-state index is 0.0935. The third-order valence-corrected chi connectivity index (χ3v) is 23.5. The predicted octanol–water partition coefficient (Wildman–Crippen LogP) is 10.1. The molecule has 16 aromatic rings. The molecule has 0 spiro atoms. The molecule has 33 nitrogen and oxygen atoms in total. The number of anilines is 1. The lowest BCUT2D eigenvalue weighted by Crippen LogP contribution is -2.37. The van der Waals surface area contributed by atoms with E-state index in [-0.39, 0.29) is 22.2 Å². The lowest BCUT2D eigenvalue weighted by molar-refractivity contribution is 0.0358. The van der Waals surface area contributed by atoms with E-state index >= 15 is 0 Å². The number of piperidine rings is 1. The number of fused-ring (bicyclic) bond motifs is 9. The van der Waals surface area contributed by atoms with Crippen LogP contribution in [-0.4, -0.2) is 242 Å². The second-order valence-electron chi connectivity index (χ2n) is 33.3. The van der Waals surface area contributed by atoms with E-state index in [0.717, 1.165) is 202 Å². The highest BCUT2D eigenvalue weighted by Crippen LogP contribution is 2.34. The summed E-state index contributed by atoms with van der Waals surface area (Å²) in [5.41, 5.74) is 18.8. The van der Waals surface area contributed by atoms with Crippen molar-refractivity contribution in [2.24, 2.45) is 11.8 Å². The van der Waals surface area contributed by atoms with Gasteiger partial charge in [-0.3, -0.25) is 66.5 Å². The predicted molar refractivity (Wildman–Crippen MR) is 484 cm³/mol. The highest BCUT2D eigenvalue weighted by molar-refractivity contribution is 5.71. The average Bonchev–Trinajstić information content (AvgIpc) is 1.61. The number of hydrogen-bond donors (Lipinski definition) is 0. The molecule has 16 aromatic heterocycles. The van der Waals surface area contributed by atoms with E-state index < -0.39 is 0 Å². The molecule has 4 saturated heterocycles.